The van der Waals surface area contributed by atoms with Gasteiger partial charge < -0.3 is 4.84 Å². The molecule has 1 saturated carbocycles. The summed E-state index contributed by atoms with van der Waals surface area (Å²) in [6.45, 7) is 0.599. The van der Waals surface area contributed by atoms with Gasteiger partial charge in [0.2, 0.25) is 0 Å². The van der Waals surface area contributed by atoms with Crippen LogP contribution in [0.25, 0.3) is 0 Å². The van der Waals surface area contributed by atoms with Crippen molar-refractivity contribution >= 4 is 11.8 Å². The van der Waals surface area contributed by atoms with Gasteiger partial charge in [0.1, 0.15) is 0 Å². The van der Waals surface area contributed by atoms with E-state index in [-0.39, 0.29) is 0 Å². The minimum atomic E-state index is 0.599. The minimum Gasteiger partial charge on any atom is -0.304 e. The highest BCUT2D eigenvalue weighted by atomic mass is 32.2. The molecule has 0 aromatic heterocycles. The third-order valence-electron chi connectivity index (χ3n) is 2.28. The van der Waals surface area contributed by atoms with Crippen molar-refractivity contribution in [3.63, 3.8) is 0 Å². The lowest BCUT2D eigenvalue weighted by atomic mass is 10.2. The predicted molar refractivity (Wildman–Crippen MR) is 59.2 cm³/mol. The Kier molecular flexibility index (Phi) is 3.45. The van der Waals surface area contributed by atoms with E-state index in [0.29, 0.717) is 6.61 Å². The number of benzene rings is 1. The molecule has 2 nitrogen and oxygen atoms in total. The molecule has 2 rings (SSSR count). The Morgan fingerprint density at radius 2 is 2.14 bits per heavy atom. The predicted octanol–water partition coefficient (Wildman–Crippen LogP) is 2.37. The monoisotopic (exact) mass is 209 g/mol. The maximum Gasteiger partial charge on any atom is 0.0720 e. The number of rotatable bonds is 5. The molecule has 1 fully saturated rings. The summed E-state index contributed by atoms with van der Waals surface area (Å²) in [4.78, 5) is 6.01. The number of hydrogen-bond donors (Lipinski definition) is 1. The molecule has 0 bridgehead atoms. The average molecular weight is 209 g/mol. The highest BCUT2D eigenvalue weighted by Crippen LogP contribution is 2.40. The van der Waals surface area contributed by atoms with Crippen LogP contribution in [0.3, 0.4) is 0 Å². The molecule has 0 unspecified atom stereocenters. The van der Waals surface area contributed by atoms with Crippen LogP contribution in [-0.2, 0) is 11.3 Å². The van der Waals surface area contributed by atoms with E-state index in [0.717, 1.165) is 11.7 Å². The Morgan fingerprint density at radius 3 is 2.86 bits per heavy atom. The van der Waals surface area contributed by atoms with Gasteiger partial charge in [0, 0.05) is 10.1 Å². The second kappa shape index (κ2) is 4.82. The van der Waals surface area contributed by atoms with Crippen molar-refractivity contribution < 1.29 is 4.84 Å². The fraction of sp³-hybridized carbons (Fsp3) is 0.455. The molecule has 0 saturated heterocycles. The lowest BCUT2D eigenvalue weighted by molar-refractivity contribution is 0.141. The second-order valence-electron chi connectivity index (χ2n) is 3.55. The van der Waals surface area contributed by atoms with Crippen molar-refractivity contribution in [2.45, 2.75) is 29.4 Å². The summed E-state index contributed by atoms with van der Waals surface area (Å²) >= 11 is 1.99. The van der Waals surface area contributed by atoms with Crippen LogP contribution >= 0.6 is 11.8 Å². The van der Waals surface area contributed by atoms with Crippen molar-refractivity contribution in [1.82, 2.24) is 0 Å². The Balaban J connectivity index is 2.02. The van der Waals surface area contributed by atoms with E-state index in [1.807, 2.05) is 11.8 Å². The van der Waals surface area contributed by atoms with Crippen molar-refractivity contribution in [3.8, 4) is 0 Å². The van der Waals surface area contributed by atoms with Crippen LogP contribution in [0.15, 0.2) is 29.2 Å². The van der Waals surface area contributed by atoms with Gasteiger partial charge in [-0.1, -0.05) is 18.2 Å². The molecule has 1 aromatic rings. The summed E-state index contributed by atoms with van der Waals surface area (Å²) in [6, 6.07) is 8.51. The maximum atomic E-state index is 5.03. The molecule has 14 heavy (non-hydrogen) atoms. The molecule has 0 amide bonds. The van der Waals surface area contributed by atoms with E-state index < -0.39 is 0 Å². The van der Waals surface area contributed by atoms with E-state index in [4.69, 9.17) is 5.90 Å². The fourth-order valence-corrected chi connectivity index (χ4v) is 2.57. The molecule has 0 heterocycles. The molecule has 0 aliphatic heterocycles. The molecule has 0 spiro atoms. The van der Waals surface area contributed by atoms with Crippen molar-refractivity contribution in [2.24, 2.45) is 5.90 Å². The van der Waals surface area contributed by atoms with Crippen molar-refractivity contribution in [1.29, 1.82) is 0 Å². The largest absolute Gasteiger partial charge is 0.304 e. The summed E-state index contributed by atoms with van der Waals surface area (Å²) in [5.74, 6) is 5.03. The molecular formula is C11H15NOS. The molecule has 1 aliphatic carbocycles. The Labute approximate surface area is 88.8 Å². The third kappa shape index (κ3) is 2.74. The minimum absolute atomic E-state index is 0.599. The zero-order valence-corrected chi connectivity index (χ0v) is 8.93. The van der Waals surface area contributed by atoms with E-state index in [1.165, 1.54) is 23.3 Å². The highest BCUT2D eigenvalue weighted by molar-refractivity contribution is 8.00. The summed E-state index contributed by atoms with van der Waals surface area (Å²) in [5, 5.41) is 0.856. The second-order valence-corrected chi connectivity index (χ2v) is 4.89. The lowest BCUT2D eigenvalue weighted by Crippen LogP contribution is -2.04. The summed E-state index contributed by atoms with van der Waals surface area (Å²) in [5.41, 5.74) is 1.36. The van der Waals surface area contributed by atoms with Crippen molar-refractivity contribution in [2.75, 3.05) is 6.61 Å². The zero-order valence-electron chi connectivity index (χ0n) is 8.11. The Hall–Kier alpha value is -0.510. The maximum absolute atomic E-state index is 5.03. The first-order chi connectivity index (χ1) is 6.90. The number of thioether (sulfide) groups is 1. The van der Waals surface area contributed by atoms with Gasteiger partial charge in [0.05, 0.1) is 6.61 Å². The van der Waals surface area contributed by atoms with Gasteiger partial charge in [0.15, 0.2) is 0 Å². The average Bonchev–Trinajstić information content (AvgIpc) is 3.01. The van der Waals surface area contributed by atoms with Gasteiger partial charge in [0.25, 0.3) is 0 Å². The zero-order chi connectivity index (χ0) is 9.80. The molecule has 3 heteroatoms. The molecular weight excluding hydrogens is 194 g/mol. The van der Waals surface area contributed by atoms with Crippen LogP contribution in [0.5, 0.6) is 0 Å². The Bertz CT molecular complexity index is 299. The SMILES string of the molecule is NOCCc1ccccc1SC1CC1. The van der Waals surface area contributed by atoms with Gasteiger partial charge in [-0.15, -0.1) is 11.8 Å². The van der Waals surface area contributed by atoms with Crippen LogP contribution in [0.2, 0.25) is 0 Å². The first-order valence-electron chi connectivity index (χ1n) is 4.96. The molecule has 2 N–H and O–H groups in total. The quantitative estimate of drug-likeness (QED) is 0.756. The van der Waals surface area contributed by atoms with E-state index >= 15 is 0 Å². The van der Waals surface area contributed by atoms with Crippen LogP contribution in [0.1, 0.15) is 18.4 Å². The topological polar surface area (TPSA) is 35.2 Å². The lowest BCUT2D eigenvalue weighted by Gasteiger charge is -2.07. The van der Waals surface area contributed by atoms with Gasteiger partial charge in [-0.05, 0) is 30.9 Å². The first kappa shape index (κ1) is 10.0. The van der Waals surface area contributed by atoms with Gasteiger partial charge in [-0.2, -0.15) is 0 Å². The summed E-state index contributed by atoms with van der Waals surface area (Å²) in [6.07, 6.45) is 3.64. The standard InChI is InChI=1S/C11H15NOS/c12-13-8-7-9-3-1-2-4-11(9)14-10-5-6-10/h1-4,10H,5-8,12H2. The van der Waals surface area contributed by atoms with Gasteiger partial charge >= 0.3 is 0 Å². The smallest absolute Gasteiger partial charge is 0.0720 e. The van der Waals surface area contributed by atoms with Gasteiger partial charge in [-0.3, -0.25) is 0 Å². The number of hydrogen-bond acceptors (Lipinski definition) is 3. The molecule has 1 aromatic carbocycles. The van der Waals surface area contributed by atoms with Crippen LogP contribution < -0.4 is 5.90 Å². The Morgan fingerprint density at radius 1 is 1.36 bits per heavy atom. The molecule has 0 radical (unpaired) electrons. The van der Waals surface area contributed by atoms with Crippen LogP contribution in [0.4, 0.5) is 0 Å². The molecule has 0 atom stereocenters. The fourth-order valence-electron chi connectivity index (χ4n) is 1.36. The summed E-state index contributed by atoms with van der Waals surface area (Å²) in [7, 11) is 0. The van der Waals surface area contributed by atoms with Crippen molar-refractivity contribution in [3.05, 3.63) is 29.8 Å². The number of nitrogens with two attached hydrogens (primary N) is 1. The van der Waals surface area contributed by atoms with E-state index in [2.05, 4.69) is 29.1 Å². The van der Waals surface area contributed by atoms with Crippen LogP contribution in [-0.4, -0.2) is 11.9 Å². The van der Waals surface area contributed by atoms with E-state index in [1.54, 1.807) is 0 Å². The molecule has 1 aliphatic rings. The van der Waals surface area contributed by atoms with E-state index in [9.17, 15) is 0 Å². The van der Waals surface area contributed by atoms with Gasteiger partial charge in [-0.25, -0.2) is 5.90 Å². The normalized spacial score (nSPS) is 15.8. The first-order valence-corrected chi connectivity index (χ1v) is 5.84. The van der Waals surface area contributed by atoms with Crippen LogP contribution in [0, 0.1) is 0 Å². The highest BCUT2D eigenvalue weighted by Gasteiger charge is 2.23. The summed E-state index contributed by atoms with van der Waals surface area (Å²) < 4.78 is 0. The molecule has 76 valence electrons. The third-order valence-corrected chi connectivity index (χ3v) is 3.74.